The van der Waals surface area contributed by atoms with Crippen molar-refractivity contribution >= 4 is 44.0 Å². The molecule has 0 aliphatic carbocycles. The third-order valence-electron chi connectivity index (χ3n) is 3.66. The van der Waals surface area contributed by atoms with Crippen molar-refractivity contribution in [3.8, 4) is 0 Å². The van der Waals surface area contributed by atoms with Crippen molar-refractivity contribution in [1.29, 1.82) is 0 Å². The van der Waals surface area contributed by atoms with Crippen LogP contribution in [0.2, 0.25) is 0 Å². The molecule has 0 saturated heterocycles. The minimum atomic E-state index is 0.427. The maximum atomic E-state index is 5.79. The summed E-state index contributed by atoms with van der Waals surface area (Å²) in [6.45, 7) is 2.73. The minimum absolute atomic E-state index is 0.427. The normalized spacial score (nSPS) is 11.2. The molecule has 2 heterocycles. The molecule has 6 heteroatoms. The Morgan fingerprint density at radius 2 is 2.14 bits per heavy atom. The molecule has 1 aromatic carbocycles. The third kappa shape index (κ3) is 2.38. The summed E-state index contributed by atoms with van der Waals surface area (Å²) in [5.74, 6) is 0. The summed E-state index contributed by atoms with van der Waals surface area (Å²) in [6, 6.07) is 8.07. The van der Waals surface area contributed by atoms with E-state index in [0.29, 0.717) is 4.99 Å². The lowest BCUT2D eigenvalue weighted by molar-refractivity contribution is 0.671. The maximum absolute atomic E-state index is 5.79. The van der Waals surface area contributed by atoms with Crippen molar-refractivity contribution in [2.45, 2.75) is 13.5 Å². The number of hydrogen-bond acceptors (Lipinski definition) is 2. The van der Waals surface area contributed by atoms with Gasteiger partial charge in [0.1, 0.15) is 4.99 Å². The topological polar surface area (TPSA) is 48.8 Å². The maximum Gasteiger partial charge on any atom is 0.104 e. The summed E-state index contributed by atoms with van der Waals surface area (Å²) in [7, 11) is 1.96. The molecule has 108 valence electrons. The summed E-state index contributed by atoms with van der Waals surface area (Å²) < 4.78 is 5.14. The highest BCUT2D eigenvalue weighted by molar-refractivity contribution is 9.10. The van der Waals surface area contributed by atoms with Crippen LogP contribution in [0.15, 0.2) is 34.9 Å². The second-order valence-electron chi connectivity index (χ2n) is 5.02. The van der Waals surface area contributed by atoms with Crippen molar-refractivity contribution in [1.82, 2.24) is 14.3 Å². The van der Waals surface area contributed by atoms with Gasteiger partial charge in [-0.05, 0) is 35.0 Å². The van der Waals surface area contributed by atoms with E-state index < -0.39 is 0 Å². The van der Waals surface area contributed by atoms with Crippen LogP contribution in [-0.2, 0) is 13.6 Å². The Labute approximate surface area is 136 Å². The lowest BCUT2D eigenvalue weighted by atomic mass is 10.1. The van der Waals surface area contributed by atoms with Gasteiger partial charge in [-0.15, -0.1) is 0 Å². The van der Waals surface area contributed by atoms with Crippen LogP contribution in [-0.4, -0.2) is 19.3 Å². The van der Waals surface area contributed by atoms with Crippen LogP contribution in [0.3, 0.4) is 0 Å². The molecule has 0 bridgehead atoms. The van der Waals surface area contributed by atoms with E-state index >= 15 is 0 Å². The molecule has 4 nitrogen and oxygen atoms in total. The Kier molecular flexibility index (Phi) is 3.59. The SMILES string of the molecule is Cc1nn(C)c(Cn2ccc3c(C(N)=S)cccc32)c1Br. The highest BCUT2D eigenvalue weighted by Gasteiger charge is 2.13. The standard InChI is InChI=1S/C15H15BrN4S/c1-9-14(16)13(19(2)18-9)8-20-7-6-10-11(15(17)21)4-3-5-12(10)20/h3-7H,8H2,1-2H3,(H2,17,21). The van der Waals surface area contributed by atoms with Crippen LogP contribution in [0.25, 0.3) is 10.9 Å². The van der Waals surface area contributed by atoms with Gasteiger partial charge < -0.3 is 10.3 Å². The van der Waals surface area contributed by atoms with Crippen LogP contribution in [0, 0.1) is 6.92 Å². The van der Waals surface area contributed by atoms with Gasteiger partial charge in [-0.2, -0.15) is 5.10 Å². The Balaban J connectivity index is 2.10. The highest BCUT2D eigenvalue weighted by atomic mass is 79.9. The molecule has 0 aliphatic rings. The molecule has 0 radical (unpaired) electrons. The number of nitrogens with two attached hydrogens (primary N) is 1. The summed E-state index contributed by atoms with van der Waals surface area (Å²) in [5, 5.41) is 5.52. The fourth-order valence-corrected chi connectivity index (χ4v) is 3.23. The number of benzene rings is 1. The van der Waals surface area contributed by atoms with Crippen LogP contribution in [0.1, 0.15) is 17.0 Å². The zero-order valence-corrected chi connectivity index (χ0v) is 14.2. The quantitative estimate of drug-likeness (QED) is 0.728. The molecule has 0 fully saturated rings. The van der Waals surface area contributed by atoms with E-state index in [0.717, 1.165) is 38.9 Å². The first-order valence-corrected chi connectivity index (χ1v) is 7.75. The number of rotatable bonds is 3. The largest absolute Gasteiger partial charge is 0.389 e. The van der Waals surface area contributed by atoms with Gasteiger partial charge in [0.2, 0.25) is 0 Å². The molecule has 21 heavy (non-hydrogen) atoms. The van der Waals surface area contributed by atoms with E-state index in [9.17, 15) is 0 Å². The zero-order valence-electron chi connectivity index (χ0n) is 11.8. The molecule has 0 saturated carbocycles. The van der Waals surface area contributed by atoms with Gasteiger partial charge in [0, 0.05) is 29.7 Å². The number of aryl methyl sites for hydroxylation is 2. The van der Waals surface area contributed by atoms with E-state index in [4.69, 9.17) is 18.0 Å². The molecule has 0 aliphatic heterocycles. The molecule has 3 aromatic rings. The first kappa shape index (κ1) is 14.3. The van der Waals surface area contributed by atoms with Crippen LogP contribution in [0.5, 0.6) is 0 Å². The Morgan fingerprint density at radius 3 is 2.76 bits per heavy atom. The summed E-state index contributed by atoms with van der Waals surface area (Å²) in [5.41, 5.74) is 9.95. The van der Waals surface area contributed by atoms with Crippen molar-refractivity contribution in [3.05, 3.63) is 51.9 Å². The first-order valence-electron chi connectivity index (χ1n) is 6.54. The summed E-state index contributed by atoms with van der Waals surface area (Å²) in [4.78, 5) is 0.427. The minimum Gasteiger partial charge on any atom is -0.389 e. The number of halogens is 1. The molecule has 2 N–H and O–H groups in total. The van der Waals surface area contributed by atoms with Gasteiger partial charge in [0.25, 0.3) is 0 Å². The monoisotopic (exact) mass is 362 g/mol. The molecule has 0 amide bonds. The molecular formula is C15H15BrN4S. The number of hydrogen-bond donors (Lipinski definition) is 1. The van der Waals surface area contributed by atoms with Crippen molar-refractivity contribution in [3.63, 3.8) is 0 Å². The average Bonchev–Trinajstić information content (AvgIpc) is 2.95. The van der Waals surface area contributed by atoms with E-state index in [-0.39, 0.29) is 0 Å². The number of thiocarbonyl (C=S) groups is 1. The van der Waals surface area contributed by atoms with Crippen molar-refractivity contribution in [2.75, 3.05) is 0 Å². The number of aromatic nitrogens is 3. The first-order chi connectivity index (χ1) is 9.99. The van der Waals surface area contributed by atoms with E-state index in [1.54, 1.807) is 0 Å². The number of fused-ring (bicyclic) bond motifs is 1. The van der Waals surface area contributed by atoms with Gasteiger partial charge in [0.15, 0.2) is 0 Å². The fourth-order valence-electron chi connectivity index (χ4n) is 2.59. The molecule has 0 atom stereocenters. The smallest absolute Gasteiger partial charge is 0.104 e. The molecular weight excluding hydrogens is 348 g/mol. The number of nitrogens with zero attached hydrogens (tertiary/aromatic N) is 3. The van der Waals surface area contributed by atoms with Crippen LogP contribution >= 0.6 is 28.1 Å². The second-order valence-corrected chi connectivity index (χ2v) is 6.25. The lowest BCUT2D eigenvalue weighted by Crippen LogP contribution is -2.10. The molecule has 3 rings (SSSR count). The van der Waals surface area contributed by atoms with E-state index in [1.165, 1.54) is 0 Å². The zero-order chi connectivity index (χ0) is 15.1. The van der Waals surface area contributed by atoms with Crippen molar-refractivity contribution < 1.29 is 0 Å². The highest BCUT2D eigenvalue weighted by Crippen LogP contribution is 2.25. The van der Waals surface area contributed by atoms with Gasteiger partial charge >= 0.3 is 0 Å². The molecule has 0 unspecified atom stereocenters. The predicted molar refractivity (Wildman–Crippen MR) is 92.6 cm³/mol. The second kappa shape index (κ2) is 5.27. The van der Waals surface area contributed by atoms with Crippen LogP contribution < -0.4 is 5.73 Å². The van der Waals surface area contributed by atoms with Gasteiger partial charge in [-0.3, -0.25) is 4.68 Å². The molecule has 2 aromatic heterocycles. The summed E-state index contributed by atoms with van der Waals surface area (Å²) >= 11 is 8.73. The van der Waals surface area contributed by atoms with E-state index in [2.05, 4.69) is 43.9 Å². The molecule has 0 spiro atoms. The van der Waals surface area contributed by atoms with E-state index in [1.807, 2.05) is 30.8 Å². The summed E-state index contributed by atoms with van der Waals surface area (Å²) in [6.07, 6.45) is 2.06. The van der Waals surface area contributed by atoms with Gasteiger partial charge in [-0.1, -0.05) is 24.4 Å². The third-order valence-corrected chi connectivity index (χ3v) is 4.91. The Bertz CT molecular complexity index is 847. The van der Waals surface area contributed by atoms with Crippen LogP contribution in [0.4, 0.5) is 0 Å². The predicted octanol–water partition coefficient (Wildman–Crippen LogP) is 3.13. The lowest BCUT2D eigenvalue weighted by Gasteiger charge is -2.08. The Morgan fingerprint density at radius 1 is 1.38 bits per heavy atom. The average molecular weight is 363 g/mol. The fraction of sp³-hybridized carbons (Fsp3) is 0.200. The van der Waals surface area contributed by atoms with Gasteiger partial charge in [-0.25, -0.2) is 0 Å². The van der Waals surface area contributed by atoms with Crippen molar-refractivity contribution in [2.24, 2.45) is 12.8 Å². The Hall–Kier alpha value is -1.66. The van der Waals surface area contributed by atoms with Gasteiger partial charge in [0.05, 0.1) is 22.4 Å².